The van der Waals surface area contributed by atoms with Gasteiger partial charge in [-0.3, -0.25) is 0 Å². The van der Waals surface area contributed by atoms with Gasteiger partial charge in [-0.25, -0.2) is 13.1 Å². The van der Waals surface area contributed by atoms with Crippen LogP contribution in [0.15, 0.2) is 29.2 Å². The van der Waals surface area contributed by atoms with E-state index in [4.69, 9.17) is 4.74 Å². The molecule has 1 aromatic carbocycles. The van der Waals surface area contributed by atoms with Gasteiger partial charge in [-0.15, -0.1) is 0 Å². The van der Waals surface area contributed by atoms with E-state index in [1.54, 1.807) is 24.3 Å². The highest BCUT2D eigenvalue weighted by atomic mass is 32.2. The largest absolute Gasteiger partial charge is 0.492 e. The molecule has 0 heterocycles. The summed E-state index contributed by atoms with van der Waals surface area (Å²) < 4.78 is 32.5. The average Bonchev–Trinajstić information content (AvgIpc) is 2.40. The molecule has 0 aliphatic heterocycles. The van der Waals surface area contributed by atoms with Gasteiger partial charge in [0.25, 0.3) is 0 Å². The number of rotatable bonds is 8. The molecular formula is C15H24N2O3S. The van der Waals surface area contributed by atoms with E-state index in [0.717, 1.165) is 25.8 Å². The van der Waals surface area contributed by atoms with Crippen LogP contribution in [-0.4, -0.2) is 33.7 Å². The number of benzene rings is 1. The molecular weight excluding hydrogens is 288 g/mol. The Hall–Kier alpha value is -1.11. The second-order valence-corrected chi connectivity index (χ2v) is 7.39. The third-order valence-electron chi connectivity index (χ3n) is 3.48. The van der Waals surface area contributed by atoms with Crippen LogP contribution in [0.25, 0.3) is 0 Å². The molecule has 0 saturated heterocycles. The maximum Gasteiger partial charge on any atom is 0.240 e. The fourth-order valence-electron chi connectivity index (χ4n) is 2.05. The molecule has 0 aromatic heterocycles. The first kappa shape index (κ1) is 16.3. The summed E-state index contributed by atoms with van der Waals surface area (Å²) in [7, 11) is -3.39. The van der Waals surface area contributed by atoms with Gasteiger partial charge in [-0.05, 0) is 37.1 Å². The van der Waals surface area contributed by atoms with Gasteiger partial charge in [0.2, 0.25) is 10.0 Å². The molecule has 6 heteroatoms. The third kappa shape index (κ3) is 4.98. The zero-order valence-electron chi connectivity index (χ0n) is 12.6. The van der Waals surface area contributed by atoms with Crippen molar-refractivity contribution < 1.29 is 13.2 Å². The van der Waals surface area contributed by atoms with Gasteiger partial charge in [-0.2, -0.15) is 0 Å². The molecule has 1 aliphatic rings. The molecule has 0 bridgehead atoms. The van der Waals surface area contributed by atoms with Crippen molar-refractivity contribution in [1.29, 1.82) is 0 Å². The number of sulfonamides is 1. The molecule has 118 valence electrons. The first-order valence-electron chi connectivity index (χ1n) is 7.46. The van der Waals surface area contributed by atoms with Crippen LogP contribution in [-0.2, 0) is 10.0 Å². The molecule has 0 atom stereocenters. The lowest BCUT2D eigenvalue weighted by molar-refractivity contribution is 0.308. The van der Waals surface area contributed by atoms with Gasteiger partial charge in [0, 0.05) is 18.6 Å². The fourth-order valence-corrected chi connectivity index (χ4v) is 3.35. The predicted octanol–water partition coefficient (Wildman–Crippen LogP) is 1.89. The van der Waals surface area contributed by atoms with Crippen molar-refractivity contribution in [3.05, 3.63) is 24.3 Å². The van der Waals surface area contributed by atoms with Crippen LogP contribution in [0, 0.1) is 0 Å². The van der Waals surface area contributed by atoms with Crippen molar-refractivity contribution >= 4 is 10.0 Å². The molecule has 0 spiro atoms. The summed E-state index contributed by atoms with van der Waals surface area (Å²) in [4.78, 5) is 0.294. The predicted molar refractivity (Wildman–Crippen MR) is 83.0 cm³/mol. The molecule has 0 amide bonds. The monoisotopic (exact) mass is 312 g/mol. The van der Waals surface area contributed by atoms with E-state index in [0.29, 0.717) is 23.3 Å². The minimum absolute atomic E-state index is 0.105. The molecule has 1 aliphatic carbocycles. The first-order chi connectivity index (χ1) is 9.97. The quantitative estimate of drug-likeness (QED) is 0.719. The van der Waals surface area contributed by atoms with Crippen LogP contribution in [0.1, 0.15) is 33.1 Å². The summed E-state index contributed by atoms with van der Waals surface area (Å²) in [6.07, 6.45) is 2.97. The zero-order chi connectivity index (χ0) is 15.3. The standard InChI is InChI=1S/C15H24N2O3S/c1-12(2)16-10-11-20-14-6-8-15(9-7-14)21(18,19)17-13-4-3-5-13/h6-9,12-13,16-17H,3-5,10-11H2,1-2H3. The number of hydrogen-bond donors (Lipinski definition) is 2. The maximum absolute atomic E-state index is 12.1. The minimum atomic E-state index is -3.39. The Balaban J connectivity index is 1.86. The number of hydrogen-bond acceptors (Lipinski definition) is 4. The van der Waals surface area contributed by atoms with E-state index in [9.17, 15) is 8.42 Å². The summed E-state index contributed by atoms with van der Waals surface area (Å²) in [6, 6.07) is 7.11. The summed E-state index contributed by atoms with van der Waals surface area (Å²) in [6.45, 7) is 5.48. The first-order valence-corrected chi connectivity index (χ1v) is 8.94. The van der Waals surface area contributed by atoms with Gasteiger partial charge in [0.1, 0.15) is 12.4 Å². The lowest BCUT2D eigenvalue weighted by atomic mass is 9.94. The van der Waals surface area contributed by atoms with E-state index in [1.165, 1.54) is 0 Å². The van der Waals surface area contributed by atoms with Crippen LogP contribution >= 0.6 is 0 Å². The molecule has 2 rings (SSSR count). The van der Waals surface area contributed by atoms with Gasteiger partial charge in [0.05, 0.1) is 4.90 Å². The number of ether oxygens (including phenoxy) is 1. The lowest BCUT2D eigenvalue weighted by Gasteiger charge is -2.26. The second kappa shape index (κ2) is 7.24. The van der Waals surface area contributed by atoms with Gasteiger partial charge in [0.15, 0.2) is 0 Å². The Kier molecular flexibility index (Phi) is 5.61. The smallest absolute Gasteiger partial charge is 0.240 e. The maximum atomic E-state index is 12.1. The van der Waals surface area contributed by atoms with Gasteiger partial charge < -0.3 is 10.1 Å². The third-order valence-corrected chi connectivity index (χ3v) is 5.02. The molecule has 1 aromatic rings. The molecule has 0 unspecified atom stereocenters. The second-order valence-electron chi connectivity index (χ2n) is 5.68. The van der Waals surface area contributed by atoms with Crippen LogP contribution in [0.5, 0.6) is 5.75 Å². The van der Waals surface area contributed by atoms with Crippen LogP contribution in [0.2, 0.25) is 0 Å². The van der Waals surface area contributed by atoms with Crippen molar-refractivity contribution in [1.82, 2.24) is 10.0 Å². The summed E-state index contributed by atoms with van der Waals surface area (Å²) >= 11 is 0. The molecule has 21 heavy (non-hydrogen) atoms. The topological polar surface area (TPSA) is 67.4 Å². The Morgan fingerprint density at radius 2 is 1.90 bits per heavy atom. The van der Waals surface area contributed by atoms with E-state index in [2.05, 4.69) is 23.9 Å². The fraction of sp³-hybridized carbons (Fsp3) is 0.600. The minimum Gasteiger partial charge on any atom is -0.492 e. The molecule has 2 N–H and O–H groups in total. The highest BCUT2D eigenvalue weighted by Gasteiger charge is 2.24. The van der Waals surface area contributed by atoms with E-state index in [1.807, 2.05) is 0 Å². The summed E-state index contributed by atoms with van der Waals surface area (Å²) in [5, 5.41) is 3.25. The highest BCUT2D eigenvalue weighted by molar-refractivity contribution is 7.89. The van der Waals surface area contributed by atoms with Crippen molar-refractivity contribution in [2.75, 3.05) is 13.2 Å². The zero-order valence-corrected chi connectivity index (χ0v) is 13.4. The molecule has 0 radical (unpaired) electrons. The number of nitrogens with one attached hydrogen (secondary N) is 2. The van der Waals surface area contributed by atoms with Crippen LogP contribution in [0.3, 0.4) is 0 Å². The lowest BCUT2D eigenvalue weighted by Crippen LogP contribution is -2.39. The van der Waals surface area contributed by atoms with Gasteiger partial charge in [-0.1, -0.05) is 20.3 Å². The van der Waals surface area contributed by atoms with Crippen molar-refractivity contribution in [2.45, 2.75) is 50.1 Å². The Morgan fingerprint density at radius 1 is 1.24 bits per heavy atom. The van der Waals surface area contributed by atoms with Crippen molar-refractivity contribution in [2.24, 2.45) is 0 Å². The van der Waals surface area contributed by atoms with Crippen LogP contribution < -0.4 is 14.8 Å². The summed E-state index contributed by atoms with van der Waals surface area (Å²) in [5.41, 5.74) is 0. The van der Waals surface area contributed by atoms with Crippen LogP contribution in [0.4, 0.5) is 0 Å². The van der Waals surface area contributed by atoms with Gasteiger partial charge >= 0.3 is 0 Å². The summed E-state index contributed by atoms with van der Waals surface area (Å²) in [5.74, 6) is 0.683. The molecule has 1 fully saturated rings. The van der Waals surface area contributed by atoms with E-state index in [-0.39, 0.29) is 6.04 Å². The normalized spacial score (nSPS) is 16.0. The Morgan fingerprint density at radius 3 is 2.43 bits per heavy atom. The Bertz CT molecular complexity index is 537. The molecule has 1 saturated carbocycles. The molecule has 5 nitrogen and oxygen atoms in total. The van der Waals surface area contributed by atoms with E-state index >= 15 is 0 Å². The highest BCUT2D eigenvalue weighted by Crippen LogP contribution is 2.22. The Labute approximate surface area is 127 Å². The van der Waals surface area contributed by atoms with E-state index < -0.39 is 10.0 Å². The van der Waals surface area contributed by atoms with Crippen molar-refractivity contribution in [3.63, 3.8) is 0 Å². The average molecular weight is 312 g/mol. The van der Waals surface area contributed by atoms with Crippen molar-refractivity contribution in [3.8, 4) is 5.75 Å². The SMILES string of the molecule is CC(C)NCCOc1ccc(S(=O)(=O)NC2CCC2)cc1.